The van der Waals surface area contributed by atoms with Gasteiger partial charge < -0.3 is 14.7 Å². The SMILES string of the molecule is CN(C)C(=O)Cl.CN1CCN(C(=O)Cl)CC1.Cl. The van der Waals surface area contributed by atoms with Crippen LogP contribution in [0.15, 0.2) is 0 Å². The third kappa shape index (κ3) is 9.47. The first-order valence-corrected chi connectivity index (χ1v) is 5.60. The van der Waals surface area contributed by atoms with E-state index in [1.165, 1.54) is 4.90 Å². The molecule has 1 heterocycles. The van der Waals surface area contributed by atoms with E-state index in [2.05, 4.69) is 4.90 Å². The molecular formula is C9H18Cl3N3O2. The quantitative estimate of drug-likeness (QED) is 0.507. The molecule has 0 radical (unpaired) electrons. The summed E-state index contributed by atoms with van der Waals surface area (Å²) in [4.78, 5) is 25.5. The van der Waals surface area contributed by atoms with Gasteiger partial charge in [-0.25, -0.2) is 0 Å². The number of piperazine rings is 1. The number of halogens is 3. The van der Waals surface area contributed by atoms with E-state index >= 15 is 0 Å². The van der Waals surface area contributed by atoms with Crippen molar-refractivity contribution in [2.24, 2.45) is 0 Å². The van der Waals surface area contributed by atoms with E-state index < -0.39 is 5.37 Å². The Morgan fingerprint density at radius 2 is 1.41 bits per heavy atom. The van der Waals surface area contributed by atoms with Crippen LogP contribution in [-0.2, 0) is 0 Å². The average Bonchev–Trinajstić information content (AvgIpc) is 2.19. The van der Waals surface area contributed by atoms with Gasteiger partial charge in [-0.15, -0.1) is 12.4 Å². The number of hydrogen-bond donors (Lipinski definition) is 0. The molecule has 0 unspecified atom stereocenters. The zero-order valence-corrected chi connectivity index (χ0v) is 12.5. The molecule has 8 heteroatoms. The Hall–Kier alpha value is -0.230. The molecule has 0 aromatic rings. The maximum Gasteiger partial charge on any atom is 0.316 e. The van der Waals surface area contributed by atoms with E-state index in [-0.39, 0.29) is 17.8 Å². The first-order chi connectivity index (χ1) is 7.34. The lowest BCUT2D eigenvalue weighted by molar-refractivity contribution is 0.171. The second-order valence-corrected chi connectivity index (χ2v) is 4.34. The lowest BCUT2D eigenvalue weighted by Gasteiger charge is -2.30. The van der Waals surface area contributed by atoms with Crippen LogP contribution in [-0.4, -0.2) is 72.8 Å². The Morgan fingerprint density at radius 3 is 1.65 bits per heavy atom. The highest BCUT2D eigenvalue weighted by Crippen LogP contribution is 2.01. The highest BCUT2D eigenvalue weighted by molar-refractivity contribution is 6.63. The summed E-state index contributed by atoms with van der Waals surface area (Å²) in [6, 6.07) is 0. The van der Waals surface area contributed by atoms with Gasteiger partial charge in [-0.05, 0) is 30.2 Å². The maximum atomic E-state index is 10.6. The molecule has 102 valence electrons. The predicted molar refractivity (Wildman–Crippen MR) is 72.5 cm³/mol. The highest BCUT2D eigenvalue weighted by atomic mass is 35.5. The van der Waals surface area contributed by atoms with Crippen LogP contribution in [0.3, 0.4) is 0 Å². The zero-order valence-electron chi connectivity index (χ0n) is 10.2. The van der Waals surface area contributed by atoms with Crippen molar-refractivity contribution in [2.45, 2.75) is 0 Å². The van der Waals surface area contributed by atoms with Crippen LogP contribution in [0.25, 0.3) is 0 Å². The maximum absolute atomic E-state index is 10.6. The lowest BCUT2D eigenvalue weighted by atomic mass is 10.4. The standard InChI is InChI=1S/C6H11ClN2O.C3H6ClNO.ClH/c1-8-2-4-9(5-3-8)6(7)10;1-5(2)3(4)6;/h2-5H2,1H3;1-2H3;1H. The van der Waals surface area contributed by atoms with Gasteiger partial charge in [0.05, 0.1) is 0 Å². The average molecular weight is 307 g/mol. The van der Waals surface area contributed by atoms with Crippen molar-refractivity contribution >= 4 is 46.3 Å². The zero-order chi connectivity index (χ0) is 12.7. The first-order valence-electron chi connectivity index (χ1n) is 4.84. The third-order valence-corrected chi connectivity index (χ3v) is 2.68. The summed E-state index contributed by atoms with van der Waals surface area (Å²) in [6.07, 6.45) is 0. The molecule has 1 aliphatic heterocycles. The Morgan fingerprint density at radius 1 is 1.06 bits per heavy atom. The topological polar surface area (TPSA) is 43.9 Å². The number of likely N-dealkylation sites (N-methyl/N-ethyl adjacent to an activating group) is 1. The lowest BCUT2D eigenvalue weighted by Crippen LogP contribution is -2.45. The number of nitrogens with zero attached hydrogens (tertiary/aromatic N) is 3. The second kappa shape index (κ2) is 9.76. The van der Waals surface area contributed by atoms with E-state index in [9.17, 15) is 9.59 Å². The summed E-state index contributed by atoms with van der Waals surface area (Å²) >= 11 is 10.2. The van der Waals surface area contributed by atoms with Crippen LogP contribution in [0, 0.1) is 0 Å². The van der Waals surface area contributed by atoms with Gasteiger partial charge in [-0.1, -0.05) is 0 Å². The molecule has 1 rings (SSSR count). The molecule has 0 atom stereocenters. The predicted octanol–water partition coefficient (Wildman–Crippen LogP) is 1.92. The minimum Gasteiger partial charge on any atom is -0.335 e. The molecule has 0 spiro atoms. The molecule has 17 heavy (non-hydrogen) atoms. The van der Waals surface area contributed by atoms with Crippen LogP contribution >= 0.6 is 35.6 Å². The highest BCUT2D eigenvalue weighted by Gasteiger charge is 2.16. The molecule has 0 aromatic carbocycles. The van der Waals surface area contributed by atoms with Gasteiger partial charge in [0.1, 0.15) is 0 Å². The molecule has 5 nitrogen and oxygen atoms in total. The Labute approximate surface area is 118 Å². The molecular weight excluding hydrogens is 288 g/mol. The van der Waals surface area contributed by atoms with E-state index in [0.29, 0.717) is 0 Å². The Kier molecular flexibility index (Phi) is 11.0. The minimum atomic E-state index is -0.435. The fourth-order valence-electron chi connectivity index (χ4n) is 0.982. The second-order valence-electron chi connectivity index (χ2n) is 3.69. The smallest absolute Gasteiger partial charge is 0.316 e. The summed E-state index contributed by atoms with van der Waals surface area (Å²) in [5.41, 5.74) is 0. The number of rotatable bonds is 0. The summed E-state index contributed by atoms with van der Waals surface area (Å²) in [7, 11) is 5.22. The number of carbonyl (C=O) groups is 2. The van der Waals surface area contributed by atoms with Crippen LogP contribution in [0.1, 0.15) is 0 Å². The number of amides is 2. The fraction of sp³-hybridized carbons (Fsp3) is 0.778. The molecule has 0 bridgehead atoms. The molecule has 1 fully saturated rings. The van der Waals surface area contributed by atoms with Crippen molar-refractivity contribution in [1.29, 1.82) is 0 Å². The molecule has 0 N–H and O–H groups in total. The van der Waals surface area contributed by atoms with Crippen molar-refractivity contribution in [3.63, 3.8) is 0 Å². The molecule has 0 aliphatic carbocycles. The van der Waals surface area contributed by atoms with Gasteiger partial charge in [-0.2, -0.15) is 0 Å². The Balaban J connectivity index is 0. The minimum absolute atomic E-state index is 0. The van der Waals surface area contributed by atoms with Gasteiger partial charge in [0.2, 0.25) is 0 Å². The van der Waals surface area contributed by atoms with Gasteiger partial charge in [-0.3, -0.25) is 9.59 Å². The van der Waals surface area contributed by atoms with Crippen LogP contribution in [0.5, 0.6) is 0 Å². The van der Waals surface area contributed by atoms with E-state index in [1.807, 2.05) is 7.05 Å². The van der Waals surface area contributed by atoms with Gasteiger partial charge in [0.15, 0.2) is 0 Å². The third-order valence-electron chi connectivity index (χ3n) is 2.10. The van der Waals surface area contributed by atoms with Gasteiger partial charge in [0.25, 0.3) is 0 Å². The van der Waals surface area contributed by atoms with Crippen molar-refractivity contribution in [1.82, 2.24) is 14.7 Å². The molecule has 2 amide bonds. The normalized spacial score (nSPS) is 15.2. The Bertz CT molecular complexity index is 244. The van der Waals surface area contributed by atoms with Crippen LogP contribution in [0.4, 0.5) is 9.59 Å². The van der Waals surface area contributed by atoms with E-state index in [4.69, 9.17) is 23.2 Å². The summed E-state index contributed by atoms with van der Waals surface area (Å²) < 4.78 is 0. The largest absolute Gasteiger partial charge is 0.335 e. The van der Waals surface area contributed by atoms with Crippen molar-refractivity contribution < 1.29 is 9.59 Å². The van der Waals surface area contributed by atoms with Crippen LogP contribution in [0.2, 0.25) is 0 Å². The van der Waals surface area contributed by atoms with Gasteiger partial charge >= 0.3 is 10.7 Å². The molecule has 0 saturated carbocycles. The van der Waals surface area contributed by atoms with Crippen LogP contribution < -0.4 is 0 Å². The monoisotopic (exact) mass is 305 g/mol. The first kappa shape index (κ1) is 19.1. The van der Waals surface area contributed by atoms with Crippen molar-refractivity contribution in [3.8, 4) is 0 Å². The van der Waals surface area contributed by atoms with E-state index in [0.717, 1.165) is 26.2 Å². The molecule has 0 aromatic heterocycles. The summed E-state index contributed by atoms with van der Waals surface area (Å²) in [5, 5.41) is -0.761. The van der Waals surface area contributed by atoms with E-state index in [1.54, 1.807) is 19.0 Å². The van der Waals surface area contributed by atoms with Crippen molar-refractivity contribution in [3.05, 3.63) is 0 Å². The summed E-state index contributed by atoms with van der Waals surface area (Å²) in [5.74, 6) is 0. The number of carbonyl (C=O) groups excluding carboxylic acids is 2. The summed E-state index contributed by atoms with van der Waals surface area (Å²) in [6.45, 7) is 3.38. The number of hydrogen-bond acceptors (Lipinski definition) is 3. The molecule has 1 saturated heterocycles. The van der Waals surface area contributed by atoms with Crippen molar-refractivity contribution in [2.75, 3.05) is 47.3 Å². The van der Waals surface area contributed by atoms with Gasteiger partial charge in [0, 0.05) is 40.3 Å². The fourth-order valence-corrected chi connectivity index (χ4v) is 1.15. The molecule has 1 aliphatic rings.